The summed E-state index contributed by atoms with van der Waals surface area (Å²) >= 11 is 3.03. The highest BCUT2D eigenvalue weighted by Gasteiger charge is 2.22. The lowest BCUT2D eigenvalue weighted by atomic mass is 10.2. The molecule has 0 fully saturated rings. The first-order valence-electron chi connectivity index (χ1n) is 5.72. The van der Waals surface area contributed by atoms with Gasteiger partial charge in [0.2, 0.25) is 10.0 Å². The molecule has 0 bridgehead atoms. The first-order chi connectivity index (χ1) is 9.44. The van der Waals surface area contributed by atoms with Gasteiger partial charge in [0.05, 0.1) is 0 Å². The number of pyridine rings is 1. The van der Waals surface area contributed by atoms with Gasteiger partial charge in [-0.25, -0.2) is 13.1 Å². The van der Waals surface area contributed by atoms with E-state index in [1.54, 1.807) is 18.5 Å². The zero-order valence-corrected chi connectivity index (χ0v) is 13.0. The van der Waals surface area contributed by atoms with E-state index in [9.17, 15) is 8.42 Å². The van der Waals surface area contributed by atoms with E-state index in [1.807, 2.05) is 6.92 Å². The Balaban J connectivity index is 2.19. The van der Waals surface area contributed by atoms with Crippen LogP contribution in [-0.4, -0.2) is 18.5 Å². The Kier molecular flexibility index (Phi) is 4.59. The lowest BCUT2D eigenvalue weighted by molar-refractivity contribution is 0.245. The van der Waals surface area contributed by atoms with Gasteiger partial charge < -0.3 is 9.52 Å². The molecule has 0 amide bonds. The van der Waals surface area contributed by atoms with Gasteiger partial charge in [-0.3, -0.25) is 4.98 Å². The van der Waals surface area contributed by atoms with Gasteiger partial charge in [0.1, 0.15) is 17.3 Å². The van der Waals surface area contributed by atoms with Gasteiger partial charge in [-0.05, 0) is 40.0 Å². The molecule has 8 heteroatoms. The predicted octanol–water partition coefficient (Wildman–Crippen LogP) is 1.72. The number of nitrogens with zero attached hydrogens (tertiary/aromatic N) is 1. The minimum atomic E-state index is -3.72. The van der Waals surface area contributed by atoms with Crippen molar-refractivity contribution in [2.75, 3.05) is 0 Å². The summed E-state index contributed by atoms with van der Waals surface area (Å²) in [6, 6.07) is 3.03. The molecule has 2 N–H and O–H groups in total. The number of sulfonamides is 1. The summed E-state index contributed by atoms with van der Waals surface area (Å²) in [6.45, 7) is 1.65. The first-order valence-corrected chi connectivity index (χ1v) is 8.00. The van der Waals surface area contributed by atoms with Gasteiger partial charge in [0.15, 0.2) is 4.67 Å². The van der Waals surface area contributed by atoms with E-state index in [0.717, 1.165) is 11.1 Å². The standard InChI is InChI=1S/C12H13BrN2O4S/c1-8-5-14-3-2-9(8)6-15-20(17,18)11-4-10(7-16)19-12(11)13/h2-5,15-16H,6-7H2,1H3. The van der Waals surface area contributed by atoms with Gasteiger partial charge in [-0.15, -0.1) is 0 Å². The lowest BCUT2D eigenvalue weighted by Gasteiger charge is -2.07. The van der Waals surface area contributed by atoms with E-state index in [0.29, 0.717) is 0 Å². The number of hydrogen-bond acceptors (Lipinski definition) is 5. The van der Waals surface area contributed by atoms with Crippen LogP contribution in [0.25, 0.3) is 0 Å². The number of nitrogens with one attached hydrogen (secondary N) is 1. The molecule has 0 aliphatic rings. The summed E-state index contributed by atoms with van der Waals surface area (Å²) < 4.78 is 32.0. The molecule has 0 unspecified atom stereocenters. The monoisotopic (exact) mass is 360 g/mol. The molecule has 0 atom stereocenters. The second kappa shape index (κ2) is 6.04. The Morgan fingerprint density at radius 1 is 1.50 bits per heavy atom. The van der Waals surface area contributed by atoms with E-state index in [2.05, 4.69) is 25.6 Å². The fraction of sp³-hybridized carbons (Fsp3) is 0.250. The van der Waals surface area contributed by atoms with Crippen LogP contribution in [0.3, 0.4) is 0 Å². The van der Waals surface area contributed by atoms with Crippen molar-refractivity contribution in [3.05, 3.63) is 46.1 Å². The van der Waals surface area contributed by atoms with Crippen molar-refractivity contribution in [3.8, 4) is 0 Å². The zero-order chi connectivity index (χ0) is 14.8. The van der Waals surface area contributed by atoms with Crippen LogP contribution in [0.5, 0.6) is 0 Å². The van der Waals surface area contributed by atoms with Gasteiger partial charge >= 0.3 is 0 Å². The van der Waals surface area contributed by atoms with Crippen LogP contribution in [0.15, 0.2) is 38.5 Å². The van der Waals surface area contributed by atoms with Crippen molar-refractivity contribution in [1.29, 1.82) is 0 Å². The summed E-state index contributed by atoms with van der Waals surface area (Å²) in [4.78, 5) is 3.91. The second-order valence-electron chi connectivity index (χ2n) is 4.14. The van der Waals surface area contributed by atoms with E-state index < -0.39 is 10.0 Å². The first kappa shape index (κ1) is 15.2. The molecule has 0 aliphatic carbocycles. The molecule has 2 aromatic heterocycles. The quantitative estimate of drug-likeness (QED) is 0.846. The predicted molar refractivity (Wildman–Crippen MR) is 75.3 cm³/mol. The Labute approximate surface area is 125 Å². The molecule has 0 spiro atoms. The molecule has 2 heterocycles. The third-order valence-corrected chi connectivity index (χ3v) is 5.00. The Bertz CT molecular complexity index is 712. The maximum atomic E-state index is 12.2. The Morgan fingerprint density at radius 3 is 2.85 bits per heavy atom. The summed E-state index contributed by atoms with van der Waals surface area (Å²) in [7, 11) is -3.72. The molecule has 2 rings (SSSR count). The van der Waals surface area contributed by atoms with E-state index in [1.165, 1.54) is 6.07 Å². The molecule has 0 saturated carbocycles. The van der Waals surface area contributed by atoms with E-state index >= 15 is 0 Å². The summed E-state index contributed by atoms with van der Waals surface area (Å²) in [5, 5.41) is 8.95. The third kappa shape index (κ3) is 3.26. The third-order valence-electron chi connectivity index (χ3n) is 2.74. The SMILES string of the molecule is Cc1cnccc1CNS(=O)(=O)c1cc(CO)oc1Br. The molecule has 0 saturated heterocycles. The fourth-order valence-corrected chi connectivity index (χ4v) is 3.61. The molecule has 0 aliphatic heterocycles. The number of hydrogen-bond donors (Lipinski definition) is 2. The van der Waals surface area contributed by atoms with Crippen LogP contribution >= 0.6 is 15.9 Å². The van der Waals surface area contributed by atoms with Crippen LogP contribution in [0.4, 0.5) is 0 Å². The highest BCUT2D eigenvalue weighted by molar-refractivity contribution is 9.10. The van der Waals surface area contributed by atoms with Crippen LogP contribution in [0.2, 0.25) is 0 Å². The Hall–Kier alpha value is -1.22. The molecule has 6 nitrogen and oxygen atoms in total. The smallest absolute Gasteiger partial charge is 0.245 e. The minimum absolute atomic E-state index is 0.0340. The molecule has 108 valence electrons. The van der Waals surface area contributed by atoms with Gasteiger partial charge in [-0.2, -0.15) is 0 Å². The van der Waals surface area contributed by atoms with Crippen LogP contribution in [0.1, 0.15) is 16.9 Å². The number of aliphatic hydroxyl groups excluding tert-OH is 1. The highest BCUT2D eigenvalue weighted by Crippen LogP contribution is 2.26. The van der Waals surface area contributed by atoms with Crippen molar-refractivity contribution in [2.45, 2.75) is 25.0 Å². The molecule has 2 aromatic rings. The molecular weight excluding hydrogens is 348 g/mol. The number of rotatable bonds is 5. The average Bonchev–Trinajstić information content (AvgIpc) is 2.80. The van der Waals surface area contributed by atoms with Gasteiger partial charge in [0, 0.05) is 25.0 Å². The lowest BCUT2D eigenvalue weighted by Crippen LogP contribution is -2.23. The number of halogens is 1. The molecule has 20 heavy (non-hydrogen) atoms. The normalized spacial score (nSPS) is 11.8. The molecule has 0 aromatic carbocycles. The zero-order valence-electron chi connectivity index (χ0n) is 10.6. The second-order valence-corrected chi connectivity index (χ2v) is 6.59. The number of furan rings is 1. The summed E-state index contributed by atoms with van der Waals surface area (Å²) in [6.07, 6.45) is 3.27. The summed E-state index contributed by atoms with van der Waals surface area (Å²) in [5.41, 5.74) is 1.74. The van der Waals surface area contributed by atoms with Crippen molar-refractivity contribution < 1.29 is 17.9 Å². The highest BCUT2D eigenvalue weighted by atomic mass is 79.9. The van der Waals surface area contributed by atoms with Gasteiger partial charge in [-0.1, -0.05) is 0 Å². The van der Waals surface area contributed by atoms with Crippen molar-refractivity contribution in [3.63, 3.8) is 0 Å². The minimum Gasteiger partial charge on any atom is -0.450 e. The van der Waals surface area contributed by atoms with Crippen LogP contribution < -0.4 is 4.72 Å². The van der Waals surface area contributed by atoms with E-state index in [-0.39, 0.29) is 28.5 Å². The molecule has 0 radical (unpaired) electrons. The van der Waals surface area contributed by atoms with Crippen molar-refractivity contribution >= 4 is 26.0 Å². The van der Waals surface area contributed by atoms with Crippen LogP contribution in [0, 0.1) is 6.92 Å². The largest absolute Gasteiger partial charge is 0.450 e. The van der Waals surface area contributed by atoms with Crippen molar-refractivity contribution in [1.82, 2.24) is 9.71 Å². The van der Waals surface area contributed by atoms with Crippen LogP contribution in [-0.2, 0) is 23.2 Å². The van der Waals surface area contributed by atoms with Gasteiger partial charge in [0.25, 0.3) is 0 Å². The number of aryl methyl sites for hydroxylation is 1. The van der Waals surface area contributed by atoms with E-state index in [4.69, 9.17) is 9.52 Å². The topological polar surface area (TPSA) is 92.4 Å². The maximum Gasteiger partial charge on any atom is 0.245 e. The summed E-state index contributed by atoms with van der Waals surface area (Å²) in [5.74, 6) is 0.178. The average molecular weight is 361 g/mol. The van der Waals surface area contributed by atoms with Crippen molar-refractivity contribution in [2.24, 2.45) is 0 Å². The molecular formula is C12H13BrN2O4S. The fourth-order valence-electron chi connectivity index (χ4n) is 1.61. The maximum absolute atomic E-state index is 12.2. The number of aliphatic hydroxyl groups is 1. The Morgan fingerprint density at radius 2 is 2.25 bits per heavy atom. The number of aromatic nitrogens is 1.